The van der Waals surface area contributed by atoms with Crippen molar-refractivity contribution < 1.29 is 27.0 Å². The average Bonchev–Trinajstić information content (AvgIpc) is 2.61. The van der Waals surface area contributed by atoms with Gasteiger partial charge in [-0.2, -0.15) is 0 Å². The van der Waals surface area contributed by atoms with Gasteiger partial charge in [-0.25, -0.2) is 17.6 Å². The standard InChI is InChI=1S/C18H19F4N3O2/c1-2-3-5-26-11-7-13(19)17(14(20)8-11)24-25-18-15(21)9-12(10-16(18)22)27-6-4-23/h7-10H,2-6,23H2,1H3/b25-24+. The van der Waals surface area contributed by atoms with Gasteiger partial charge in [-0.3, -0.25) is 0 Å². The molecule has 0 atom stereocenters. The number of hydrogen-bond donors (Lipinski definition) is 1. The van der Waals surface area contributed by atoms with Crippen LogP contribution < -0.4 is 15.2 Å². The van der Waals surface area contributed by atoms with Crippen LogP contribution in [0.4, 0.5) is 28.9 Å². The first-order chi connectivity index (χ1) is 13.0. The maximum Gasteiger partial charge on any atom is 0.157 e. The van der Waals surface area contributed by atoms with Crippen LogP contribution >= 0.6 is 0 Å². The Morgan fingerprint density at radius 2 is 1.19 bits per heavy atom. The van der Waals surface area contributed by atoms with E-state index in [1.807, 2.05) is 6.92 Å². The summed E-state index contributed by atoms with van der Waals surface area (Å²) in [5.74, 6) is -4.39. The van der Waals surface area contributed by atoms with E-state index >= 15 is 0 Å². The van der Waals surface area contributed by atoms with Crippen LogP contribution in [0.1, 0.15) is 19.8 Å². The zero-order chi connectivity index (χ0) is 19.8. The van der Waals surface area contributed by atoms with Crippen molar-refractivity contribution in [3.05, 3.63) is 47.5 Å². The predicted octanol–water partition coefficient (Wildman–Crippen LogP) is 5.17. The van der Waals surface area contributed by atoms with E-state index in [9.17, 15) is 17.6 Å². The van der Waals surface area contributed by atoms with Crippen molar-refractivity contribution in [1.82, 2.24) is 0 Å². The van der Waals surface area contributed by atoms with E-state index in [1.54, 1.807) is 0 Å². The summed E-state index contributed by atoms with van der Waals surface area (Å²) in [7, 11) is 0. The van der Waals surface area contributed by atoms with Crippen molar-refractivity contribution in [2.75, 3.05) is 19.8 Å². The number of unbranched alkanes of at least 4 members (excludes halogenated alkanes) is 1. The number of azo groups is 1. The molecule has 0 spiro atoms. The second kappa shape index (κ2) is 9.86. The molecule has 2 aromatic carbocycles. The largest absolute Gasteiger partial charge is 0.493 e. The van der Waals surface area contributed by atoms with E-state index in [2.05, 4.69) is 10.2 Å². The lowest BCUT2D eigenvalue weighted by Crippen LogP contribution is -2.10. The molecular formula is C18H19F4N3O2. The molecule has 0 fully saturated rings. The van der Waals surface area contributed by atoms with Gasteiger partial charge in [0.15, 0.2) is 34.6 Å². The third-order valence-corrected chi connectivity index (χ3v) is 3.38. The molecule has 5 nitrogen and oxygen atoms in total. The number of nitrogens with zero attached hydrogens (tertiary/aromatic N) is 2. The summed E-state index contributed by atoms with van der Waals surface area (Å²) in [6.45, 7) is 2.50. The van der Waals surface area contributed by atoms with E-state index < -0.39 is 34.6 Å². The lowest BCUT2D eigenvalue weighted by Gasteiger charge is -2.07. The van der Waals surface area contributed by atoms with Crippen LogP contribution in [0.3, 0.4) is 0 Å². The van der Waals surface area contributed by atoms with Crippen LogP contribution in [0.2, 0.25) is 0 Å². The second-order valence-electron chi connectivity index (χ2n) is 5.51. The molecule has 146 valence electrons. The molecule has 0 heterocycles. The second-order valence-corrected chi connectivity index (χ2v) is 5.51. The van der Waals surface area contributed by atoms with E-state index in [0.717, 1.165) is 37.1 Å². The number of rotatable bonds is 9. The molecule has 9 heteroatoms. The quantitative estimate of drug-likeness (QED) is 0.368. The van der Waals surface area contributed by atoms with Gasteiger partial charge in [-0.05, 0) is 6.42 Å². The minimum atomic E-state index is -1.09. The number of halogens is 4. The smallest absolute Gasteiger partial charge is 0.157 e. The lowest BCUT2D eigenvalue weighted by molar-refractivity contribution is 0.306. The van der Waals surface area contributed by atoms with Gasteiger partial charge in [0.2, 0.25) is 0 Å². The summed E-state index contributed by atoms with van der Waals surface area (Å²) >= 11 is 0. The van der Waals surface area contributed by atoms with E-state index in [4.69, 9.17) is 15.2 Å². The third-order valence-electron chi connectivity index (χ3n) is 3.38. The van der Waals surface area contributed by atoms with Gasteiger partial charge in [0.05, 0.1) is 6.61 Å². The van der Waals surface area contributed by atoms with Gasteiger partial charge in [0.25, 0.3) is 0 Å². The fourth-order valence-corrected chi connectivity index (χ4v) is 2.05. The Hall–Kier alpha value is -2.68. The molecular weight excluding hydrogens is 366 g/mol. The topological polar surface area (TPSA) is 69.2 Å². The van der Waals surface area contributed by atoms with Crippen molar-refractivity contribution in [1.29, 1.82) is 0 Å². The summed E-state index contributed by atoms with van der Waals surface area (Å²) in [5, 5.41) is 6.60. The molecule has 0 bridgehead atoms. The van der Waals surface area contributed by atoms with E-state index in [1.165, 1.54) is 0 Å². The van der Waals surface area contributed by atoms with Crippen LogP contribution in [0.5, 0.6) is 11.5 Å². The van der Waals surface area contributed by atoms with E-state index in [-0.39, 0.29) is 24.7 Å². The van der Waals surface area contributed by atoms with Crippen molar-refractivity contribution in [2.45, 2.75) is 19.8 Å². The van der Waals surface area contributed by atoms with Crippen LogP contribution in [0.15, 0.2) is 34.5 Å². The number of hydrogen-bond acceptors (Lipinski definition) is 5. The SMILES string of the molecule is CCCCOc1cc(F)c(/N=N/c2c(F)cc(OCCN)cc2F)c(F)c1. The van der Waals surface area contributed by atoms with Crippen LogP contribution in [0.25, 0.3) is 0 Å². The predicted molar refractivity (Wildman–Crippen MR) is 91.8 cm³/mol. The Balaban J connectivity index is 2.22. The zero-order valence-corrected chi connectivity index (χ0v) is 14.6. The first kappa shape index (κ1) is 20.6. The van der Waals surface area contributed by atoms with Crippen molar-refractivity contribution in [3.63, 3.8) is 0 Å². The van der Waals surface area contributed by atoms with E-state index in [0.29, 0.717) is 6.61 Å². The molecule has 0 saturated carbocycles. The highest BCUT2D eigenvalue weighted by Crippen LogP contribution is 2.32. The van der Waals surface area contributed by atoms with Gasteiger partial charge in [0.1, 0.15) is 18.1 Å². The van der Waals surface area contributed by atoms with Crippen molar-refractivity contribution in [3.8, 4) is 11.5 Å². The summed E-state index contributed by atoms with van der Waals surface area (Å²) in [6.07, 6.45) is 1.60. The molecule has 27 heavy (non-hydrogen) atoms. The molecule has 0 amide bonds. The van der Waals surface area contributed by atoms with Crippen LogP contribution in [-0.2, 0) is 0 Å². The fourth-order valence-electron chi connectivity index (χ4n) is 2.05. The Labute approximate surface area is 153 Å². The highest BCUT2D eigenvalue weighted by Gasteiger charge is 2.15. The first-order valence-corrected chi connectivity index (χ1v) is 8.31. The molecule has 0 aliphatic rings. The lowest BCUT2D eigenvalue weighted by atomic mass is 10.2. The van der Waals surface area contributed by atoms with Gasteiger partial charge in [-0.1, -0.05) is 13.3 Å². The van der Waals surface area contributed by atoms with Gasteiger partial charge in [0, 0.05) is 30.8 Å². The van der Waals surface area contributed by atoms with Crippen LogP contribution in [0, 0.1) is 23.3 Å². The summed E-state index contributed by atoms with van der Waals surface area (Å²) in [6, 6.07) is 3.63. The minimum Gasteiger partial charge on any atom is -0.493 e. The highest BCUT2D eigenvalue weighted by atomic mass is 19.1. The number of benzene rings is 2. The highest BCUT2D eigenvalue weighted by molar-refractivity contribution is 5.47. The summed E-state index contributed by atoms with van der Waals surface area (Å²) in [4.78, 5) is 0. The Kier molecular flexibility index (Phi) is 7.54. The van der Waals surface area contributed by atoms with Crippen molar-refractivity contribution >= 4 is 11.4 Å². The normalized spacial score (nSPS) is 11.2. The molecule has 2 rings (SSSR count). The Morgan fingerprint density at radius 1 is 0.778 bits per heavy atom. The summed E-state index contributed by atoms with van der Waals surface area (Å²) < 4.78 is 66.2. The molecule has 0 aliphatic heterocycles. The molecule has 0 aliphatic carbocycles. The Morgan fingerprint density at radius 3 is 1.56 bits per heavy atom. The number of nitrogens with two attached hydrogens (primary N) is 1. The monoisotopic (exact) mass is 385 g/mol. The Bertz CT molecular complexity index is 769. The van der Waals surface area contributed by atoms with Gasteiger partial charge < -0.3 is 15.2 Å². The average molecular weight is 385 g/mol. The summed E-state index contributed by atoms with van der Waals surface area (Å²) in [5.41, 5.74) is 3.67. The van der Waals surface area contributed by atoms with Gasteiger partial charge >= 0.3 is 0 Å². The third kappa shape index (κ3) is 5.65. The molecule has 2 N–H and O–H groups in total. The minimum absolute atomic E-state index is 0.00355. The fraction of sp³-hybridized carbons (Fsp3) is 0.333. The zero-order valence-electron chi connectivity index (χ0n) is 14.6. The number of ether oxygens (including phenoxy) is 2. The van der Waals surface area contributed by atoms with Crippen molar-refractivity contribution in [2.24, 2.45) is 16.0 Å². The van der Waals surface area contributed by atoms with Crippen LogP contribution in [-0.4, -0.2) is 19.8 Å². The molecule has 0 saturated heterocycles. The molecule has 2 aromatic rings. The molecule has 0 radical (unpaired) electrons. The van der Waals surface area contributed by atoms with Gasteiger partial charge in [-0.15, -0.1) is 10.2 Å². The maximum atomic E-state index is 14.0. The molecule has 0 unspecified atom stereocenters. The maximum absolute atomic E-state index is 14.0. The first-order valence-electron chi connectivity index (χ1n) is 8.31. The molecule has 0 aromatic heterocycles.